The molecule has 0 spiro atoms. The smallest absolute Gasteiger partial charge is 0.424 e. The molecule has 2 aromatic rings. The zero-order chi connectivity index (χ0) is 26.3. The number of ether oxygens (including phenoxy) is 3. The van der Waals surface area contributed by atoms with Gasteiger partial charge < -0.3 is 14.2 Å². The average molecular weight is 514 g/mol. The highest BCUT2D eigenvalue weighted by molar-refractivity contribution is 7.90. The summed E-state index contributed by atoms with van der Waals surface area (Å²) in [7, 11) is -2.46. The molecule has 4 rings (SSSR count). The van der Waals surface area contributed by atoms with Crippen LogP contribution in [0.2, 0.25) is 0 Å². The van der Waals surface area contributed by atoms with Gasteiger partial charge >= 0.3 is 12.1 Å². The highest BCUT2D eigenvalue weighted by Crippen LogP contribution is 2.42. The molecule has 1 fully saturated rings. The number of nitrogens with zero attached hydrogens (tertiary/aromatic N) is 1. The van der Waals surface area contributed by atoms with Crippen molar-refractivity contribution < 1.29 is 32.2 Å². The van der Waals surface area contributed by atoms with Crippen molar-refractivity contribution in [2.24, 2.45) is 0 Å². The quantitative estimate of drug-likeness (QED) is 0.435. The Morgan fingerprint density at radius 1 is 1.06 bits per heavy atom. The van der Waals surface area contributed by atoms with E-state index in [1.807, 2.05) is 31.2 Å². The Morgan fingerprint density at radius 3 is 2.36 bits per heavy atom. The zero-order valence-electron chi connectivity index (χ0n) is 21.1. The van der Waals surface area contributed by atoms with Crippen LogP contribution in [0.25, 0.3) is 0 Å². The van der Waals surface area contributed by atoms with Gasteiger partial charge in [-0.05, 0) is 63.1 Å². The van der Waals surface area contributed by atoms with Crippen molar-refractivity contribution in [3.05, 3.63) is 76.9 Å². The van der Waals surface area contributed by atoms with Crippen molar-refractivity contribution in [2.75, 3.05) is 13.7 Å². The molecule has 0 saturated carbocycles. The summed E-state index contributed by atoms with van der Waals surface area (Å²) in [6, 6.07) is 14.4. The van der Waals surface area contributed by atoms with Crippen molar-refractivity contribution in [3.63, 3.8) is 0 Å². The summed E-state index contributed by atoms with van der Waals surface area (Å²) in [5.41, 5.74) is 1.89. The fraction of sp³-hybridized carbons (Fsp3) is 0.407. The summed E-state index contributed by atoms with van der Waals surface area (Å²) < 4.78 is 44.0. The van der Waals surface area contributed by atoms with Crippen LogP contribution >= 0.6 is 0 Å². The van der Waals surface area contributed by atoms with E-state index >= 15 is 0 Å². The molecule has 3 atom stereocenters. The summed E-state index contributed by atoms with van der Waals surface area (Å²) in [6.07, 6.45) is 0.175. The lowest BCUT2D eigenvalue weighted by molar-refractivity contribution is 0.0237. The molecule has 0 radical (unpaired) electrons. The van der Waals surface area contributed by atoms with Crippen molar-refractivity contribution in [1.82, 2.24) is 4.31 Å². The number of carbonyl (C=O) groups is 2. The first kappa shape index (κ1) is 25.8. The van der Waals surface area contributed by atoms with Crippen LogP contribution in [0.3, 0.4) is 0 Å². The highest BCUT2D eigenvalue weighted by Gasteiger charge is 2.51. The third-order valence-corrected chi connectivity index (χ3v) is 8.36. The van der Waals surface area contributed by atoms with Gasteiger partial charge in [0.05, 0.1) is 19.2 Å². The summed E-state index contributed by atoms with van der Waals surface area (Å²) >= 11 is 0. The summed E-state index contributed by atoms with van der Waals surface area (Å²) in [4.78, 5) is 25.7. The van der Waals surface area contributed by atoms with Gasteiger partial charge in [0.2, 0.25) is 10.0 Å². The monoisotopic (exact) mass is 513 g/mol. The first-order valence-electron chi connectivity index (χ1n) is 11.8. The maximum atomic E-state index is 13.4. The normalized spacial score (nSPS) is 22.9. The largest absolute Gasteiger partial charge is 0.497 e. The first-order valence-corrected chi connectivity index (χ1v) is 13.3. The standard InChI is InChI=1S/C27H31NO7S/c1-17-7-6-8-19(13-17)25(29)34-23-15-24-20(14-22(23)18-9-11-21(33-5)12-10-18)16-28(36(24,31)32)26(30)35-27(2,3)4/h6-14,22-24H,15-16H2,1-5H3/t22-,23+,24-/m0/s1. The highest BCUT2D eigenvalue weighted by atomic mass is 32.2. The van der Waals surface area contributed by atoms with Crippen LogP contribution in [0.15, 0.2) is 60.2 Å². The van der Waals surface area contributed by atoms with Gasteiger partial charge in [0, 0.05) is 12.3 Å². The van der Waals surface area contributed by atoms with E-state index in [-0.39, 0.29) is 13.0 Å². The van der Waals surface area contributed by atoms with Gasteiger partial charge in [-0.3, -0.25) is 0 Å². The van der Waals surface area contributed by atoms with E-state index in [1.165, 1.54) is 0 Å². The van der Waals surface area contributed by atoms with Gasteiger partial charge in [-0.15, -0.1) is 0 Å². The topological polar surface area (TPSA) is 99.2 Å². The predicted octanol–water partition coefficient (Wildman–Crippen LogP) is 4.59. The molecule has 8 nitrogen and oxygen atoms in total. The maximum Gasteiger partial charge on any atom is 0.424 e. The second kappa shape index (κ2) is 9.61. The number of aryl methyl sites for hydroxylation is 1. The number of hydrogen-bond acceptors (Lipinski definition) is 7. The maximum absolute atomic E-state index is 13.4. The van der Waals surface area contributed by atoms with E-state index in [4.69, 9.17) is 14.2 Å². The molecule has 2 aliphatic rings. The lowest BCUT2D eigenvalue weighted by Crippen LogP contribution is -2.40. The van der Waals surface area contributed by atoms with Crippen LogP contribution in [-0.4, -0.2) is 55.4 Å². The minimum atomic E-state index is -4.04. The van der Waals surface area contributed by atoms with Gasteiger partial charge in [0.15, 0.2) is 0 Å². The number of hydrogen-bond donors (Lipinski definition) is 0. The summed E-state index contributed by atoms with van der Waals surface area (Å²) in [5, 5.41) is -0.977. The lowest BCUT2D eigenvalue weighted by atomic mass is 9.82. The molecule has 1 aliphatic carbocycles. The van der Waals surface area contributed by atoms with Crippen molar-refractivity contribution in [3.8, 4) is 5.75 Å². The lowest BCUT2D eigenvalue weighted by Gasteiger charge is -2.32. The Bertz CT molecular complexity index is 1290. The van der Waals surface area contributed by atoms with Crippen LogP contribution in [0, 0.1) is 6.92 Å². The summed E-state index contributed by atoms with van der Waals surface area (Å²) in [5.74, 6) is -0.254. The van der Waals surface area contributed by atoms with E-state index in [1.54, 1.807) is 58.2 Å². The third-order valence-electron chi connectivity index (χ3n) is 6.26. The third kappa shape index (κ3) is 5.26. The van der Waals surface area contributed by atoms with Gasteiger partial charge in [0.25, 0.3) is 0 Å². The van der Waals surface area contributed by atoms with Gasteiger partial charge in [-0.2, -0.15) is 4.31 Å². The first-order chi connectivity index (χ1) is 16.9. The molecule has 1 aliphatic heterocycles. The number of rotatable bonds is 4. The SMILES string of the molecule is COc1ccc([C@@H]2C=C3CN(C(=O)OC(C)(C)C)S(=O)(=O)[C@H]3C[C@H]2OC(=O)c2cccc(C)c2)cc1. The van der Waals surface area contributed by atoms with Crippen LogP contribution in [0.4, 0.5) is 4.79 Å². The number of methoxy groups -OCH3 is 1. The molecule has 1 saturated heterocycles. The van der Waals surface area contributed by atoms with Crippen LogP contribution in [0.5, 0.6) is 5.75 Å². The van der Waals surface area contributed by atoms with Crippen molar-refractivity contribution in [1.29, 1.82) is 0 Å². The molecular formula is C27H31NO7S. The molecule has 0 unspecified atom stereocenters. The Morgan fingerprint density at radius 2 is 1.75 bits per heavy atom. The number of benzene rings is 2. The van der Waals surface area contributed by atoms with Gasteiger partial charge in [-0.25, -0.2) is 18.0 Å². The minimum Gasteiger partial charge on any atom is -0.497 e. The van der Waals surface area contributed by atoms with Gasteiger partial charge in [-0.1, -0.05) is 35.9 Å². The molecule has 2 aromatic carbocycles. The van der Waals surface area contributed by atoms with Crippen LogP contribution < -0.4 is 4.74 Å². The summed E-state index contributed by atoms with van der Waals surface area (Å²) in [6.45, 7) is 6.83. The molecular weight excluding hydrogens is 482 g/mol. The van der Waals surface area contributed by atoms with Crippen molar-refractivity contribution >= 4 is 22.1 Å². The second-order valence-corrected chi connectivity index (χ2v) is 12.1. The molecule has 9 heteroatoms. The molecule has 0 N–H and O–H groups in total. The Hall–Kier alpha value is -3.33. The molecule has 192 valence electrons. The molecule has 0 bridgehead atoms. The number of esters is 1. The van der Waals surface area contributed by atoms with E-state index < -0.39 is 45.0 Å². The molecule has 36 heavy (non-hydrogen) atoms. The van der Waals surface area contributed by atoms with Crippen LogP contribution in [-0.2, 0) is 19.5 Å². The van der Waals surface area contributed by atoms with Crippen molar-refractivity contribution in [2.45, 2.75) is 57.0 Å². The molecule has 1 amide bonds. The second-order valence-electron chi connectivity index (χ2n) is 10.1. The number of sulfonamides is 1. The number of carbonyl (C=O) groups excluding carboxylic acids is 2. The fourth-order valence-electron chi connectivity index (χ4n) is 4.55. The van der Waals surface area contributed by atoms with E-state index in [2.05, 4.69) is 0 Å². The van der Waals surface area contributed by atoms with E-state index in [0.717, 1.165) is 15.4 Å². The van der Waals surface area contributed by atoms with Crippen LogP contribution in [0.1, 0.15) is 54.6 Å². The average Bonchev–Trinajstić information content (AvgIpc) is 3.07. The zero-order valence-corrected chi connectivity index (χ0v) is 21.9. The van der Waals surface area contributed by atoms with E-state index in [0.29, 0.717) is 16.9 Å². The predicted molar refractivity (Wildman–Crippen MR) is 134 cm³/mol. The molecule has 0 aromatic heterocycles. The fourth-order valence-corrected chi connectivity index (χ4v) is 6.40. The minimum absolute atomic E-state index is 0.0295. The Balaban J connectivity index is 1.68. The number of amides is 1. The van der Waals surface area contributed by atoms with E-state index in [9.17, 15) is 18.0 Å². The number of fused-ring (bicyclic) bond motifs is 1. The van der Waals surface area contributed by atoms with Gasteiger partial charge in [0.1, 0.15) is 22.7 Å². The Labute approximate surface area is 211 Å². The molecule has 1 heterocycles. The Kier molecular flexibility index (Phi) is 6.88.